The Labute approximate surface area is 187 Å². The van der Waals surface area contributed by atoms with Gasteiger partial charge in [-0.05, 0) is 116 Å². The standard InChI is InChI=1S/C29H50O/c1-19(2)16-20(3)17-21(4)25-10-11-26-24-9-8-22-18-23(30-7)12-14-28(22,5)27(24)13-15-29(25,26)6/h8,19-21,23-27H,9-18H2,1-7H3/t20-,21-,23+,24+,25-,26+,27+,28+,29-/m1/s1. The van der Waals surface area contributed by atoms with Gasteiger partial charge < -0.3 is 4.74 Å². The van der Waals surface area contributed by atoms with Crippen molar-refractivity contribution in [3.8, 4) is 0 Å². The number of hydrogen-bond donors (Lipinski definition) is 0. The van der Waals surface area contributed by atoms with Crippen LogP contribution < -0.4 is 0 Å². The van der Waals surface area contributed by atoms with E-state index in [-0.39, 0.29) is 0 Å². The molecule has 4 aliphatic rings. The van der Waals surface area contributed by atoms with Crippen molar-refractivity contribution in [1.82, 2.24) is 0 Å². The molecule has 9 atom stereocenters. The second-order valence-corrected chi connectivity index (χ2v) is 13.0. The Balaban J connectivity index is 1.49. The van der Waals surface area contributed by atoms with E-state index in [1.807, 2.05) is 7.11 Å². The highest BCUT2D eigenvalue weighted by Gasteiger charge is 2.59. The maximum atomic E-state index is 5.76. The zero-order valence-corrected chi connectivity index (χ0v) is 21.2. The monoisotopic (exact) mass is 414 g/mol. The van der Waals surface area contributed by atoms with E-state index in [0.717, 1.165) is 41.4 Å². The summed E-state index contributed by atoms with van der Waals surface area (Å²) in [6.45, 7) is 15.2. The molecule has 3 saturated carbocycles. The molecule has 172 valence electrons. The molecule has 4 rings (SSSR count). The number of fused-ring (bicyclic) bond motifs is 5. The Morgan fingerprint density at radius 2 is 1.73 bits per heavy atom. The van der Waals surface area contributed by atoms with Gasteiger partial charge in [0.1, 0.15) is 0 Å². The van der Waals surface area contributed by atoms with Gasteiger partial charge in [-0.3, -0.25) is 0 Å². The molecule has 1 nitrogen and oxygen atoms in total. The lowest BCUT2D eigenvalue weighted by atomic mass is 9.47. The predicted octanol–water partition coefficient (Wildman–Crippen LogP) is 8.29. The van der Waals surface area contributed by atoms with Gasteiger partial charge in [0.05, 0.1) is 6.10 Å². The van der Waals surface area contributed by atoms with Crippen molar-refractivity contribution in [2.75, 3.05) is 7.11 Å². The molecule has 1 heteroatoms. The highest BCUT2D eigenvalue weighted by atomic mass is 16.5. The summed E-state index contributed by atoms with van der Waals surface area (Å²) in [4.78, 5) is 0. The molecule has 0 bridgehead atoms. The minimum Gasteiger partial charge on any atom is -0.381 e. The lowest BCUT2D eigenvalue weighted by Gasteiger charge is -2.58. The SMILES string of the molecule is CO[C@H]1CC[C@@]2(C)C(=CC[C@H]3[C@@H]4CC[C@H]([C@H](C)C[C@H](C)CC(C)C)[C@@]4(C)CC[C@@H]32)C1. The summed E-state index contributed by atoms with van der Waals surface area (Å²) in [6, 6.07) is 0. The van der Waals surface area contributed by atoms with Gasteiger partial charge in [-0.2, -0.15) is 0 Å². The molecule has 30 heavy (non-hydrogen) atoms. The van der Waals surface area contributed by atoms with Crippen molar-refractivity contribution in [3.05, 3.63) is 11.6 Å². The van der Waals surface area contributed by atoms with Gasteiger partial charge in [0.25, 0.3) is 0 Å². The van der Waals surface area contributed by atoms with Crippen LogP contribution in [-0.4, -0.2) is 13.2 Å². The minimum absolute atomic E-state index is 0.467. The van der Waals surface area contributed by atoms with E-state index >= 15 is 0 Å². The second-order valence-electron chi connectivity index (χ2n) is 13.0. The number of hydrogen-bond acceptors (Lipinski definition) is 1. The summed E-state index contributed by atoms with van der Waals surface area (Å²) < 4.78 is 5.76. The second kappa shape index (κ2) is 8.57. The van der Waals surface area contributed by atoms with Gasteiger partial charge in [-0.25, -0.2) is 0 Å². The van der Waals surface area contributed by atoms with Crippen LogP contribution in [0.15, 0.2) is 11.6 Å². The normalized spacial score (nSPS) is 45.3. The third-order valence-electron chi connectivity index (χ3n) is 10.8. The molecule has 0 aromatic carbocycles. The average molecular weight is 415 g/mol. The predicted molar refractivity (Wildman–Crippen MR) is 128 cm³/mol. The topological polar surface area (TPSA) is 9.23 Å². The molecule has 3 fully saturated rings. The number of allylic oxidation sites excluding steroid dienone is 1. The fourth-order valence-electron chi connectivity index (χ4n) is 9.50. The van der Waals surface area contributed by atoms with Gasteiger partial charge in [0, 0.05) is 7.11 Å². The zero-order valence-electron chi connectivity index (χ0n) is 21.2. The quantitative estimate of drug-likeness (QED) is 0.397. The molecule has 0 saturated heterocycles. The van der Waals surface area contributed by atoms with Crippen LogP contribution in [0, 0.1) is 52.3 Å². The number of rotatable bonds is 6. The van der Waals surface area contributed by atoms with Crippen LogP contribution in [0.3, 0.4) is 0 Å². The molecule has 0 heterocycles. The van der Waals surface area contributed by atoms with E-state index in [4.69, 9.17) is 4.74 Å². The lowest BCUT2D eigenvalue weighted by molar-refractivity contribution is -0.0608. The largest absolute Gasteiger partial charge is 0.381 e. The maximum absolute atomic E-state index is 5.76. The molecule has 0 amide bonds. The summed E-state index contributed by atoms with van der Waals surface area (Å²) in [5, 5.41) is 0. The van der Waals surface area contributed by atoms with Crippen LogP contribution in [0.2, 0.25) is 0 Å². The van der Waals surface area contributed by atoms with Crippen molar-refractivity contribution >= 4 is 0 Å². The van der Waals surface area contributed by atoms with Gasteiger partial charge >= 0.3 is 0 Å². The van der Waals surface area contributed by atoms with Gasteiger partial charge in [-0.1, -0.05) is 53.2 Å². The van der Waals surface area contributed by atoms with Crippen molar-refractivity contribution in [1.29, 1.82) is 0 Å². The molecule has 0 aromatic heterocycles. The molecule has 0 aromatic rings. The van der Waals surface area contributed by atoms with Crippen molar-refractivity contribution in [2.45, 2.75) is 112 Å². The highest BCUT2D eigenvalue weighted by molar-refractivity contribution is 5.25. The van der Waals surface area contributed by atoms with Crippen molar-refractivity contribution < 1.29 is 4.74 Å². The minimum atomic E-state index is 0.467. The van der Waals surface area contributed by atoms with E-state index in [2.05, 4.69) is 47.6 Å². The van der Waals surface area contributed by atoms with Crippen LogP contribution in [-0.2, 0) is 4.74 Å². The Morgan fingerprint density at radius 3 is 2.43 bits per heavy atom. The van der Waals surface area contributed by atoms with Crippen molar-refractivity contribution in [2.24, 2.45) is 52.3 Å². The van der Waals surface area contributed by atoms with Crippen LogP contribution in [0.5, 0.6) is 0 Å². The van der Waals surface area contributed by atoms with E-state index in [1.54, 1.807) is 5.57 Å². The van der Waals surface area contributed by atoms with E-state index in [9.17, 15) is 0 Å². The lowest BCUT2D eigenvalue weighted by Crippen LogP contribution is -2.51. The Bertz CT molecular complexity index is 634. The summed E-state index contributed by atoms with van der Waals surface area (Å²) in [5.74, 6) is 6.43. The molecular weight excluding hydrogens is 364 g/mol. The van der Waals surface area contributed by atoms with Crippen LogP contribution in [0.25, 0.3) is 0 Å². The summed E-state index contributed by atoms with van der Waals surface area (Å²) in [6.07, 6.45) is 17.2. The molecular formula is C29H50O. The van der Waals surface area contributed by atoms with Gasteiger partial charge in [0.2, 0.25) is 0 Å². The zero-order chi connectivity index (χ0) is 21.7. The summed E-state index contributed by atoms with van der Waals surface area (Å²) in [7, 11) is 1.91. The van der Waals surface area contributed by atoms with Crippen LogP contribution in [0.1, 0.15) is 106 Å². The van der Waals surface area contributed by atoms with E-state index < -0.39 is 0 Å². The number of ether oxygens (including phenoxy) is 1. The average Bonchev–Trinajstić information content (AvgIpc) is 3.04. The third kappa shape index (κ3) is 3.84. The first-order valence-electron chi connectivity index (χ1n) is 13.4. The highest BCUT2D eigenvalue weighted by Crippen LogP contribution is 2.67. The first-order valence-corrected chi connectivity index (χ1v) is 13.4. The molecule has 0 aliphatic heterocycles. The fraction of sp³-hybridized carbons (Fsp3) is 0.931. The first kappa shape index (κ1) is 22.9. The first-order chi connectivity index (χ1) is 14.2. The van der Waals surface area contributed by atoms with Gasteiger partial charge in [-0.15, -0.1) is 0 Å². The molecule has 0 radical (unpaired) electrons. The number of methoxy groups -OCH3 is 1. The third-order valence-corrected chi connectivity index (χ3v) is 10.8. The van der Waals surface area contributed by atoms with E-state index in [1.165, 1.54) is 64.2 Å². The molecule has 0 N–H and O–H groups in total. The molecule has 0 spiro atoms. The maximum Gasteiger partial charge on any atom is 0.0608 e. The molecule has 0 unspecified atom stereocenters. The van der Waals surface area contributed by atoms with Crippen LogP contribution in [0.4, 0.5) is 0 Å². The molecule has 4 aliphatic carbocycles. The summed E-state index contributed by atoms with van der Waals surface area (Å²) in [5.41, 5.74) is 2.83. The van der Waals surface area contributed by atoms with E-state index in [0.29, 0.717) is 16.9 Å². The Morgan fingerprint density at radius 1 is 0.967 bits per heavy atom. The Hall–Kier alpha value is -0.300. The fourth-order valence-corrected chi connectivity index (χ4v) is 9.50. The smallest absolute Gasteiger partial charge is 0.0608 e. The summed E-state index contributed by atoms with van der Waals surface area (Å²) >= 11 is 0. The van der Waals surface area contributed by atoms with Crippen molar-refractivity contribution in [3.63, 3.8) is 0 Å². The van der Waals surface area contributed by atoms with Gasteiger partial charge in [0.15, 0.2) is 0 Å². The van der Waals surface area contributed by atoms with Crippen LogP contribution >= 0.6 is 0 Å². The Kier molecular flexibility index (Phi) is 6.53.